The third kappa shape index (κ3) is 4.01. The van der Waals surface area contributed by atoms with Crippen molar-refractivity contribution in [3.63, 3.8) is 0 Å². The van der Waals surface area contributed by atoms with Gasteiger partial charge in [-0.2, -0.15) is 5.10 Å². The molecule has 3 rings (SSSR count). The molecule has 1 heterocycles. The Hall–Kier alpha value is -2.54. The molecule has 0 aliphatic heterocycles. The van der Waals surface area contributed by atoms with Crippen LogP contribution in [0.25, 0.3) is 11.0 Å². The summed E-state index contributed by atoms with van der Waals surface area (Å²) < 4.78 is 2.68. The number of hydrazone groups is 1. The Kier molecular flexibility index (Phi) is 4.77. The van der Waals surface area contributed by atoms with E-state index >= 15 is 0 Å². The fourth-order valence-corrected chi connectivity index (χ4v) is 2.53. The average Bonchev–Trinajstić information content (AvgIpc) is 2.96. The van der Waals surface area contributed by atoms with Crippen molar-refractivity contribution in [1.29, 1.82) is 0 Å². The molecule has 1 aromatic heterocycles. The zero-order chi connectivity index (χ0) is 16.1. The first kappa shape index (κ1) is 15.4. The van der Waals surface area contributed by atoms with E-state index in [2.05, 4.69) is 36.8 Å². The highest BCUT2D eigenvalue weighted by Gasteiger charge is 2.05. The molecular formula is C16H14BrN5O. The quantitative estimate of drug-likeness (QED) is 0.553. The van der Waals surface area contributed by atoms with Gasteiger partial charge in [-0.1, -0.05) is 45.4 Å². The van der Waals surface area contributed by atoms with Gasteiger partial charge in [-0.05, 0) is 29.8 Å². The largest absolute Gasteiger partial charge is 0.273 e. The lowest BCUT2D eigenvalue weighted by Gasteiger charge is -2.01. The fraction of sp³-hybridized carbons (Fsp3) is 0.125. The van der Waals surface area contributed by atoms with Gasteiger partial charge in [0.15, 0.2) is 0 Å². The number of fused-ring (bicyclic) bond motifs is 1. The molecule has 0 saturated carbocycles. The van der Waals surface area contributed by atoms with Crippen molar-refractivity contribution < 1.29 is 4.79 Å². The number of nitrogens with one attached hydrogen (secondary N) is 1. The molecule has 0 fully saturated rings. The monoisotopic (exact) mass is 371 g/mol. The SMILES string of the molecule is O=C(CCn1nnc2ccccc21)NN=Cc1cccc(Br)c1. The molecule has 0 bridgehead atoms. The first-order valence-electron chi connectivity index (χ1n) is 7.08. The van der Waals surface area contributed by atoms with Crippen LogP contribution in [-0.2, 0) is 11.3 Å². The summed E-state index contributed by atoms with van der Waals surface area (Å²) in [5.74, 6) is -0.171. The second kappa shape index (κ2) is 7.15. The molecule has 2 aromatic carbocycles. The van der Waals surface area contributed by atoms with Crippen LogP contribution < -0.4 is 5.43 Å². The maximum Gasteiger partial charge on any atom is 0.241 e. The summed E-state index contributed by atoms with van der Waals surface area (Å²) in [4.78, 5) is 11.8. The van der Waals surface area contributed by atoms with Crippen LogP contribution in [0.5, 0.6) is 0 Å². The van der Waals surface area contributed by atoms with Crippen LogP contribution in [0.1, 0.15) is 12.0 Å². The van der Waals surface area contributed by atoms with Crippen LogP contribution in [-0.4, -0.2) is 27.1 Å². The van der Waals surface area contributed by atoms with Gasteiger partial charge in [0.05, 0.1) is 18.3 Å². The van der Waals surface area contributed by atoms with E-state index in [1.807, 2.05) is 48.5 Å². The summed E-state index contributed by atoms with van der Waals surface area (Å²) in [5, 5.41) is 12.1. The number of carbonyl (C=O) groups excluding carboxylic acids is 1. The summed E-state index contributed by atoms with van der Waals surface area (Å²) in [5.41, 5.74) is 5.15. The van der Waals surface area contributed by atoms with Crippen molar-refractivity contribution in [2.45, 2.75) is 13.0 Å². The summed E-state index contributed by atoms with van der Waals surface area (Å²) >= 11 is 3.38. The number of hydrogen-bond acceptors (Lipinski definition) is 4. The van der Waals surface area contributed by atoms with Crippen LogP contribution in [0.4, 0.5) is 0 Å². The molecule has 0 aliphatic carbocycles. The van der Waals surface area contributed by atoms with Crippen LogP contribution in [0.3, 0.4) is 0 Å². The molecule has 0 saturated heterocycles. The molecule has 3 aromatic rings. The minimum atomic E-state index is -0.171. The van der Waals surface area contributed by atoms with Gasteiger partial charge < -0.3 is 0 Å². The van der Waals surface area contributed by atoms with E-state index < -0.39 is 0 Å². The summed E-state index contributed by atoms with van der Waals surface area (Å²) in [6.45, 7) is 0.457. The van der Waals surface area contributed by atoms with Crippen molar-refractivity contribution in [3.8, 4) is 0 Å². The summed E-state index contributed by atoms with van der Waals surface area (Å²) in [6.07, 6.45) is 1.89. The molecule has 116 valence electrons. The number of para-hydroxylation sites is 1. The van der Waals surface area contributed by atoms with E-state index in [1.165, 1.54) is 0 Å². The number of aryl methyl sites for hydroxylation is 1. The maximum atomic E-state index is 11.8. The second-order valence-corrected chi connectivity index (χ2v) is 5.82. The van der Waals surface area contributed by atoms with Gasteiger partial charge >= 0.3 is 0 Å². The van der Waals surface area contributed by atoms with Crippen LogP contribution in [0.15, 0.2) is 58.1 Å². The number of amides is 1. The smallest absolute Gasteiger partial charge is 0.241 e. The minimum absolute atomic E-state index is 0.171. The highest BCUT2D eigenvalue weighted by Crippen LogP contribution is 2.10. The highest BCUT2D eigenvalue weighted by molar-refractivity contribution is 9.10. The molecule has 0 unspecified atom stereocenters. The minimum Gasteiger partial charge on any atom is -0.273 e. The lowest BCUT2D eigenvalue weighted by Crippen LogP contribution is -2.19. The topological polar surface area (TPSA) is 72.2 Å². The molecule has 0 radical (unpaired) electrons. The zero-order valence-corrected chi connectivity index (χ0v) is 13.8. The molecule has 0 spiro atoms. The predicted octanol–water partition coefficient (Wildman–Crippen LogP) is 2.73. The van der Waals surface area contributed by atoms with Gasteiger partial charge in [-0.3, -0.25) is 4.79 Å². The van der Waals surface area contributed by atoms with Gasteiger partial charge in [-0.25, -0.2) is 10.1 Å². The number of rotatable bonds is 5. The molecule has 1 amide bonds. The van der Waals surface area contributed by atoms with E-state index in [4.69, 9.17) is 0 Å². The number of halogens is 1. The lowest BCUT2D eigenvalue weighted by molar-refractivity contribution is -0.121. The highest BCUT2D eigenvalue weighted by atomic mass is 79.9. The van der Waals surface area contributed by atoms with E-state index in [-0.39, 0.29) is 12.3 Å². The van der Waals surface area contributed by atoms with Gasteiger partial charge in [-0.15, -0.1) is 5.10 Å². The molecular weight excluding hydrogens is 358 g/mol. The third-order valence-corrected chi connectivity index (χ3v) is 3.72. The number of carbonyl (C=O) groups is 1. The van der Waals surface area contributed by atoms with Crippen molar-refractivity contribution in [2.75, 3.05) is 0 Å². The lowest BCUT2D eigenvalue weighted by atomic mass is 10.2. The number of nitrogens with zero attached hydrogens (tertiary/aromatic N) is 4. The summed E-state index contributed by atoms with van der Waals surface area (Å²) in [6, 6.07) is 15.3. The van der Waals surface area contributed by atoms with Crippen molar-refractivity contribution >= 4 is 39.1 Å². The van der Waals surface area contributed by atoms with Crippen LogP contribution in [0.2, 0.25) is 0 Å². The van der Waals surface area contributed by atoms with Crippen molar-refractivity contribution in [3.05, 3.63) is 58.6 Å². The molecule has 6 nitrogen and oxygen atoms in total. The van der Waals surface area contributed by atoms with E-state index in [0.29, 0.717) is 6.54 Å². The zero-order valence-electron chi connectivity index (χ0n) is 12.2. The standard InChI is InChI=1S/C16H14BrN5O/c17-13-5-3-4-12(10-13)11-18-20-16(23)8-9-22-15-7-2-1-6-14(15)19-21-22/h1-7,10-11H,8-9H2,(H,20,23). The molecule has 1 N–H and O–H groups in total. The predicted molar refractivity (Wildman–Crippen MR) is 92.0 cm³/mol. The molecule has 0 atom stereocenters. The third-order valence-electron chi connectivity index (χ3n) is 3.22. The maximum absolute atomic E-state index is 11.8. The van der Waals surface area contributed by atoms with Gasteiger partial charge in [0.2, 0.25) is 5.91 Å². The van der Waals surface area contributed by atoms with Crippen molar-refractivity contribution in [1.82, 2.24) is 20.4 Å². The van der Waals surface area contributed by atoms with Gasteiger partial charge in [0, 0.05) is 10.9 Å². The fourth-order valence-electron chi connectivity index (χ4n) is 2.11. The average molecular weight is 372 g/mol. The molecule has 23 heavy (non-hydrogen) atoms. The van der Waals surface area contributed by atoms with E-state index in [9.17, 15) is 4.79 Å². The van der Waals surface area contributed by atoms with E-state index in [0.717, 1.165) is 21.1 Å². The van der Waals surface area contributed by atoms with Crippen molar-refractivity contribution in [2.24, 2.45) is 5.10 Å². The number of hydrogen-bond donors (Lipinski definition) is 1. The Morgan fingerprint density at radius 3 is 3.00 bits per heavy atom. The Labute approximate surface area is 141 Å². The Morgan fingerprint density at radius 1 is 1.26 bits per heavy atom. The molecule has 7 heteroatoms. The normalized spacial score (nSPS) is 11.2. The summed E-state index contributed by atoms with van der Waals surface area (Å²) in [7, 11) is 0. The first-order chi connectivity index (χ1) is 11.2. The number of aromatic nitrogens is 3. The molecule has 0 aliphatic rings. The Bertz CT molecular complexity index is 858. The Morgan fingerprint density at radius 2 is 2.13 bits per heavy atom. The second-order valence-electron chi connectivity index (χ2n) is 4.90. The van der Waals surface area contributed by atoms with E-state index in [1.54, 1.807) is 10.9 Å². The number of benzene rings is 2. The van der Waals surface area contributed by atoms with Gasteiger partial charge in [0.25, 0.3) is 0 Å². The van der Waals surface area contributed by atoms with Gasteiger partial charge in [0.1, 0.15) is 5.52 Å². The van der Waals surface area contributed by atoms with Crippen LogP contribution in [0, 0.1) is 0 Å². The Balaban J connectivity index is 1.54. The first-order valence-corrected chi connectivity index (χ1v) is 7.87. The van der Waals surface area contributed by atoms with Crippen LogP contribution >= 0.6 is 15.9 Å².